The fraction of sp³-hybridized carbons (Fsp3) is 0.154. The average molecular weight is 821 g/mol. The predicted octanol–water partition coefficient (Wildman–Crippen LogP) is 10.1. The van der Waals surface area contributed by atoms with Crippen molar-refractivity contribution >= 4 is 68.9 Å². The molecule has 0 fully saturated rings. The summed E-state index contributed by atoms with van der Waals surface area (Å²) in [6.07, 6.45) is 20.1. The molecule has 0 N–H and O–H groups in total. The third kappa shape index (κ3) is 7.69. The van der Waals surface area contributed by atoms with Crippen molar-refractivity contribution < 1.29 is 18.3 Å². The van der Waals surface area contributed by atoms with Crippen LogP contribution in [0.25, 0.3) is 45.1 Å². The molecule has 8 aromatic rings. The molecule has 6 heterocycles. The summed E-state index contributed by atoms with van der Waals surface area (Å²) in [5, 5.41) is 5.07. The second-order valence-electron chi connectivity index (χ2n) is 15.5. The van der Waals surface area contributed by atoms with Crippen LogP contribution in [0.15, 0.2) is 190 Å². The monoisotopic (exact) mass is 820 g/mol. The van der Waals surface area contributed by atoms with E-state index in [9.17, 15) is 0 Å². The Morgan fingerprint density at radius 2 is 0.833 bits per heavy atom. The maximum atomic E-state index is 2.40. The molecule has 294 valence electrons. The molecule has 4 aromatic carbocycles. The summed E-state index contributed by atoms with van der Waals surface area (Å²) < 4.78 is 9.40. The van der Waals surface area contributed by atoms with Crippen molar-refractivity contribution in [2.75, 3.05) is 23.9 Å². The van der Waals surface area contributed by atoms with Gasteiger partial charge in [-0.25, -0.2) is 9.13 Å². The van der Waals surface area contributed by atoms with Crippen LogP contribution in [0, 0.1) is 0 Å². The van der Waals surface area contributed by atoms with Crippen LogP contribution in [0.1, 0.15) is 24.0 Å². The van der Waals surface area contributed by atoms with E-state index in [0.717, 1.165) is 39.0 Å². The number of fused-ring (bicyclic) bond motifs is 4. The average Bonchev–Trinajstić information content (AvgIpc) is 3.79. The van der Waals surface area contributed by atoms with Crippen LogP contribution in [0.4, 0.5) is 11.4 Å². The van der Waals surface area contributed by atoms with Crippen molar-refractivity contribution in [2.24, 2.45) is 0 Å². The minimum atomic E-state index is 0.954. The van der Waals surface area contributed by atoms with Gasteiger partial charge in [-0.05, 0) is 70.8 Å². The highest BCUT2D eigenvalue weighted by atomic mass is 32.2. The van der Waals surface area contributed by atoms with Crippen molar-refractivity contribution in [1.29, 1.82) is 0 Å². The summed E-state index contributed by atoms with van der Waals surface area (Å²) in [6, 6.07) is 48.3. The van der Waals surface area contributed by atoms with E-state index in [1.54, 1.807) is 0 Å². The fourth-order valence-corrected chi connectivity index (χ4v) is 10.7. The van der Waals surface area contributed by atoms with Gasteiger partial charge in [-0.1, -0.05) is 72.1 Å². The Balaban J connectivity index is 0.740. The molecule has 0 unspecified atom stereocenters. The van der Waals surface area contributed by atoms with Crippen molar-refractivity contribution in [1.82, 2.24) is 0 Å². The van der Waals surface area contributed by atoms with Gasteiger partial charge in [0.15, 0.2) is 63.4 Å². The van der Waals surface area contributed by atoms with Crippen LogP contribution in [0.2, 0.25) is 0 Å². The third-order valence-electron chi connectivity index (χ3n) is 11.8. The van der Waals surface area contributed by atoms with Crippen LogP contribution >= 0.6 is 23.5 Å². The number of para-hydroxylation sites is 4. The van der Waals surface area contributed by atoms with Gasteiger partial charge in [0.1, 0.15) is 0 Å². The molecule has 0 radical (unpaired) electrons. The van der Waals surface area contributed by atoms with E-state index < -0.39 is 0 Å². The molecule has 60 heavy (non-hydrogen) atoms. The third-order valence-corrected chi connectivity index (χ3v) is 14.1. The minimum Gasteiger partial charge on any atom is -0.338 e. The summed E-state index contributed by atoms with van der Waals surface area (Å²) in [4.78, 5) is 7.21. The van der Waals surface area contributed by atoms with Gasteiger partial charge >= 0.3 is 0 Å². The van der Waals surface area contributed by atoms with Gasteiger partial charge in [0, 0.05) is 72.4 Å². The zero-order valence-electron chi connectivity index (χ0n) is 34.1. The highest BCUT2D eigenvalue weighted by Gasteiger charge is 2.24. The van der Waals surface area contributed by atoms with Crippen LogP contribution < -0.4 is 28.1 Å². The number of hydrogen-bond acceptors (Lipinski definition) is 4. The number of pyridine rings is 4. The van der Waals surface area contributed by atoms with Gasteiger partial charge in [-0.2, -0.15) is 9.13 Å². The van der Waals surface area contributed by atoms with E-state index in [0.29, 0.717) is 0 Å². The van der Waals surface area contributed by atoms with Crippen molar-refractivity contribution in [2.45, 2.75) is 48.8 Å². The largest absolute Gasteiger partial charge is 0.338 e. The Morgan fingerprint density at radius 3 is 1.27 bits per heavy atom. The highest BCUT2D eigenvalue weighted by Crippen LogP contribution is 2.46. The van der Waals surface area contributed by atoms with Gasteiger partial charge in [0.05, 0.1) is 45.0 Å². The van der Waals surface area contributed by atoms with E-state index >= 15 is 0 Å². The van der Waals surface area contributed by atoms with E-state index in [1.165, 1.54) is 75.3 Å². The lowest BCUT2D eigenvalue weighted by molar-refractivity contribution is -0.717. The molecule has 0 aliphatic carbocycles. The van der Waals surface area contributed by atoms with Gasteiger partial charge in [-0.15, -0.1) is 0 Å². The van der Waals surface area contributed by atoms with Gasteiger partial charge in [-0.3, -0.25) is 0 Å². The Kier molecular flexibility index (Phi) is 10.6. The number of anilines is 2. The van der Waals surface area contributed by atoms with E-state index in [1.807, 2.05) is 23.5 Å². The number of thioether (sulfide) groups is 2. The topological polar surface area (TPSA) is 22.0 Å². The molecule has 4 aromatic heterocycles. The molecular weight excluding hydrogens is 773 g/mol. The molecule has 0 amide bonds. The first kappa shape index (κ1) is 38.0. The molecule has 0 saturated carbocycles. The molecule has 8 heteroatoms. The molecule has 2 aliphatic rings. The van der Waals surface area contributed by atoms with Crippen LogP contribution in [0.3, 0.4) is 0 Å². The first-order valence-electron chi connectivity index (χ1n) is 20.8. The maximum absolute atomic E-state index is 2.40. The quantitative estimate of drug-likeness (QED) is 0.121. The number of benzene rings is 4. The van der Waals surface area contributed by atoms with Crippen LogP contribution in [-0.4, -0.2) is 14.1 Å². The van der Waals surface area contributed by atoms with Crippen molar-refractivity contribution in [3.8, 4) is 11.1 Å². The number of aromatic nitrogens is 4. The smallest absolute Gasteiger partial charge is 0.213 e. The van der Waals surface area contributed by atoms with Gasteiger partial charge in [0.2, 0.25) is 11.0 Å². The summed E-state index contributed by atoms with van der Waals surface area (Å²) >= 11 is 3.68. The Hall–Kier alpha value is -6.22. The molecular formula is C52H48N6S2+4. The lowest BCUT2D eigenvalue weighted by atomic mass is 10.1. The summed E-state index contributed by atoms with van der Waals surface area (Å²) in [5.41, 5.74) is 10.1. The number of hydrogen-bond donors (Lipinski definition) is 0. The Bertz CT molecular complexity index is 2720. The van der Waals surface area contributed by atoms with Crippen molar-refractivity contribution in [3.05, 3.63) is 192 Å². The first-order valence-corrected chi connectivity index (χ1v) is 22.4. The van der Waals surface area contributed by atoms with Crippen LogP contribution in [-0.2, 0) is 26.2 Å². The zero-order valence-corrected chi connectivity index (χ0v) is 35.7. The number of rotatable bonds is 11. The summed E-state index contributed by atoms with van der Waals surface area (Å²) in [5.74, 6) is 0. The van der Waals surface area contributed by atoms with Gasteiger partial charge < -0.3 is 9.80 Å². The minimum absolute atomic E-state index is 0.954. The molecule has 0 spiro atoms. The SMILES string of the molecule is CN1/C(=C/c2cc[n+](CCC[n+]3ccc(-c4cc[n+](CCC[n+]5ccc(/C=C6/Sc7ccccc7N6C)c6ccccc65)cc4)cc3)c3ccccc23)Sc2ccccc21. The molecule has 0 atom stereocenters. The van der Waals surface area contributed by atoms with Gasteiger partial charge in [0.25, 0.3) is 0 Å². The zero-order chi connectivity index (χ0) is 40.4. The molecule has 0 saturated heterocycles. The second kappa shape index (κ2) is 16.8. The fourth-order valence-electron chi connectivity index (χ4n) is 8.46. The first-order chi connectivity index (χ1) is 29.6. The van der Waals surface area contributed by atoms with Crippen molar-refractivity contribution in [3.63, 3.8) is 0 Å². The van der Waals surface area contributed by atoms with E-state index in [-0.39, 0.29) is 0 Å². The molecule has 2 aliphatic heterocycles. The molecule has 10 rings (SSSR count). The molecule has 0 bridgehead atoms. The highest BCUT2D eigenvalue weighted by molar-refractivity contribution is 8.04. The van der Waals surface area contributed by atoms with E-state index in [4.69, 9.17) is 0 Å². The lowest BCUT2D eigenvalue weighted by Crippen LogP contribution is -2.39. The normalized spacial score (nSPS) is 14.8. The lowest BCUT2D eigenvalue weighted by Gasteiger charge is -2.13. The van der Waals surface area contributed by atoms with Crippen LogP contribution in [0.5, 0.6) is 0 Å². The standard InChI is InChI=1S/C52H48N6S2/c1-53-47-17-7-9-19-49(47)59-51(53)37-41-25-35-57(45-15-5-3-13-43(41)45)29-11-27-55-31-21-39(22-32-55)40-23-33-56(34-24-40)28-12-30-58-36-26-42(44-14-4-6-16-46(44)58)38-52-54(2)48-18-8-10-20-50(48)60-52/h3-10,13-26,31-38H,11-12,27-30H2,1-2H3/q+4. The number of nitrogens with zero attached hydrogens (tertiary/aromatic N) is 6. The predicted molar refractivity (Wildman–Crippen MR) is 247 cm³/mol. The van der Waals surface area contributed by atoms with E-state index in [2.05, 4.69) is 225 Å². The second-order valence-corrected chi connectivity index (χ2v) is 17.7. The number of aryl methyl sites for hydroxylation is 4. The maximum Gasteiger partial charge on any atom is 0.213 e. The summed E-state index contributed by atoms with van der Waals surface area (Å²) in [6.45, 7) is 3.83. The Labute approximate surface area is 361 Å². The summed E-state index contributed by atoms with van der Waals surface area (Å²) in [7, 11) is 4.32. The molecule has 6 nitrogen and oxygen atoms in total. The Morgan fingerprint density at radius 1 is 0.433 bits per heavy atom.